The normalized spacial score (nSPS) is 10.6. The molecule has 0 saturated heterocycles. The van der Waals surface area contributed by atoms with Gasteiger partial charge >= 0.3 is 0 Å². The zero-order chi connectivity index (χ0) is 17.6. The second kappa shape index (κ2) is 7.81. The quantitative estimate of drug-likeness (QED) is 0.687. The lowest BCUT2D eigenvalue weighted by Gasteiger charge is -2.10. The van der Waals surface area contributed by atoms with Crippen molar-refractivity contribution in [3.8, 4) is 5.75 Å². The van der Waals surface area contributed by atoms with Crippen LogP contribution in [-0.4, -0.2) is 28.8 Å². The summed E-state index contributed by atoms with van der Waals surface area (Å²) in [5.41, 5.74) is 0.464. The molecule has 0 aliphatic heterocycles. The van der Waals surface area contributed by atoms with Crippen molar-refractivity contribution in [2.24, 2.45) is 0 Å². The molecule has 3 rings (SSSR count). The Hall–Kier alpha value is -2.86. The molecule has 0 spiro atoms. The zero-order valence-corrected chi connectivity index (χ0v) is 14.1. The van der Waals surface area contributed by atoms with Crippen LogP contribution in [0.5, 0.6) is 5.75 Å². The molecule has 1 heterocycles. The number of fused-ring (bicyclic) bond motifs is 1. The van der Waals surface area contributed by atoms with E-state index in [2.05, 4.69) is 10.4 Å². The molecule has 25 heavy (non-hydrogen) atoms. The van der Waals surface area contributed by atoms with Crippen LogP contribution in [0.15, 0.2) is 59.5 Å². The first kappa shape index (κ1) is 17.0. The maximum absolute atomic E-state index is 12.1. The van der Waals surface area contributed by atoms with Gasteiger partial charge in [0.2, 0.25) is 11.3 Å². The van der Waals surface area contributed by atoms with Crippen LogP contribution in [0.25, 0.3) is 10.9 Å². The van der Waals surface area contributed by atoms with E-state index in [9.17, 15) is 9.59 Å². The molecule has 0 saturated carbocycles. The number of nitrogens with zero attached hydrogens (tertiary/aromatic N) is 2. The Morgan fingerprint density at radius 2 is 1.92 bits per heavy atom. The van der Waals surface area contributed by atoms with Gasteiger partial charge in [0.15, 0.2) is 0 Å². The second-order valence-electron chi connectivity index (χ2n) is 5.34. The minimum absolute atomic E-state index is 0.0295. The molecule has 0 fully saturated rings. The van der Waals surface area contributed by atoms with E-state index in [4.69, 9.17) is 16.3 Å². The lowest BCUT2D eigenvalue weighted by Crippen LogP contribution is -2.32. The van der Waals surface area contributed by atoms with Crippen molar-refractivity contribution in [1.29, 1.82) is 0 Å². The number of carbonyl (C=O) groups is 1. The Kier molecular flexibility index (Phi) is 5.30. The number of ether oxygens (including phenoxy) is 1. The summed E-state index contributed by atoms with van der Waals surface area (Å²) in [4.78, 5) is 23.9. The van der Waals surface area contributed by atoms with Crippen LogP contribution in [0, 0.1) is 0 Å². The van der Waals surface area contributed by atoms with Gasteiger partial charge in [-0.15, -0.1) is 0 Å². The Balaban J connectivity index is 1.54. The molecule has 3 aromatic rings. The minimum atomic E-state index is -0.207. The van der Waals surface area contributed by atoms with Crippen molar-refractivity contribution >= 4 is 28.4 Å². The fourth-order valence-corrected chi connectivity index (χ4v) is 2.50. The standard InChI is InChI=1S/C18H16ClN3O3/c19-13-5-7-14(8-6-13)25-10-9-20-18(24)12-22-16-4-2-1-3-15(16)17(23)11-21-22/h1-8,11H,9-10,12H2,(H,20,24). The first-order chi connectivity index (χ1) is 12.1. The van der Waals surface area contributed by atoms with Crippen molar-refractivity contribution < 1.29 is 9.53 Å². The lowest BCUT2D eigenvalue weighted by molar-refractivity contribution is -0.121. The molecular weight excluding hydrogens is 342 g/mol. The van der Waals surface area contributed by atoms with Crippen LogP contribution >= 0.6 is 11.6 Å². The van der Waals surface area contributed by atoms with Crippen molar-refractivity contribution in [3.63, 3.8) is 0 Å². The number of nitrogens with one attached hydrogen (secondary N) is 1. The molecule has 0 atom stereocenters. The Morgan fingerprint density at radius 3 is 2.72 bits per heavy atom. The number of halogens is 1. The zero-order valence-electron chi connectivity index (χ0n) is 13.3. The molecule has 0 radical (unpaired) electrons. The molecule has 1 amide bonds. The van der Waals surface area contributed by atoms with Crippen LogP contribution in [0.3, 0.4) is 0 Å². The smallest absolute Gasteiger partial charge is 0.241 e. The van der Waals surface area contributed by atoms with Gasteiger partial charge in [-0.1, -0.05) is 23.7 Å². The third-order valence-corrected chi connectivity index (χ3v) is 3.81. The van der Waals surface area contributed by atoms with Crippen LogP contribution in [0.2, 0.25) is 5.02 Å². The largest absolute Gasteiger partial charge is 0.492 e. The number of benzene rings is 2. The van der Waals surface area contributed by atoms with Gasteiger partial charge in [0.05, 0.1) is 18.3 Å². The van der Waals surface area contributed by atoms with Gasteiger partial charge in [0.25, 0.3) is 0 Å². The van der Waals surface area contributed by atoms with Gasteiger partial charge in [-0.25, -0.2) is 0 Å². The molecule has 2 aromatic carbocycles. The third kappa shape index (κ3) is 4.36. The lowest BCUT2D eigenvalue weighted by atomic mass is 10.2. The number of hydrogen-bond donors (Lipinski definition) is 1. The molecule has 128 valence electrons. The number of carbonyl (C=O) groups excluding carboxylic acids is 1. The molecule has 1 N–H and O–H groups in total. The fourth-order valence-electron chi connectivity index (χ4n) is 2.37. The summed E-state index contributed by atoms with van der Waals surface area (Å²) in [7, 11) is 0. The first-order valence-corrected chi connectivity index (χ1v) is 8.11. The SMILES string of the molecule is O=C(Cn1ncc(=O)c2ccccc21)NCCOc1ccc(Cl)cc1. The number of para-hydroxylation sites is 1. The predicted molar refractivity (Wildman–Crippen MR) is 96.0 cm³/mol. The van der Waals surface area contributed by atoms with Crippen molar-refractivity contribution in [1.82, 2.24) is 15.1 Å². The Bertz CT molecular complexity index is 938. The van der Waals surface area contributed by atoms with Crippen LogP contribution in [-0.2, 0) is 11.3 Å². The van der Waals surface area contributed by atoms with E-state index in [1.165, 1.54) is 10.9 Å². The molecule has 0 bridgehead atoms. The molecule has 0 aliphatic carbocycles. The summed E-state index contributed by atoms with van der Waals surface area (Å²) in [6.07, 6.45) is 1.22. The van der Waals surface area contributed by atoms with Gasteiger partial charge in [-0.3, -0.25) is 14.3 Å². The van der Waals surface area contributed by atoms with Gasteiger partial charge < -0.3 is 10.1 Å². The Labute approximate surface area is 149 Å². The van der Waals surface area contributed by atoms with Gasteiger partial charge in [-0.2, -0.15) is 5.10 Å². The summed E-state index contributed by atoms with van der Waals surface area (Å²) < 4.78 is 7.02. The summed E-state index contributed by atoms with van der Waals surface area (Å²) in [6, 6.07) is 14.1. The number of hydrogen-bond acceptors (Lipinski definition) is 4. The highest BCUT2D eigenvalue weighted by atomic mass is 35.5. The van der Waals surface area contributed by atoms with Crippen molar-refractivity contribution in [2.45, 2.75) is 6.54 Å². The summed E-state index contributed by atoms with van der Waals surface area (Å²) in [5, 5.41) is 7.97. The highest BCUT2D eigenvalue weighted by Gasteiger charge is 2.07. The van der Waals surface area contributed by atoms with Gasteiger partial charge in [0, 0.05) is 10.4 Å². The van der Waals surface area contributed by atoms with Crippen LogP contribution in [0.4, 0.5) is 0 Å². The molecule has 1 aromatic heterocycles. The third-order valence-electron chi connectivity index (χ3n) is 3.56. The monoisotopic (exact) mass is 357 g/mol. The summed E-state index contributed by atoms with van der Waals surface area (Å²) in [5.74, 6) is 0.479. The number of aromatic nitrogens is 2. The van der Waals surface area contributed by atoms with Gasteiger partial charge in [0.1, 0.15) is 18.9 Å². The summed E-state index contributed by atoms with van der Waals surface area (Å²) >= 11 is 5.80. The molecule has 7 heteroatoms. The Morgan fingerprint density at radius 1 is 1.16 bits per heavy atom. The van der Waals surface area contributed by atoms with E-state index < -0.39 is 0 Å². The number of amides is 1. The maximum Gasteiger partial charge on any atom is 0.241 e. The first-order valence-electron chi connectivity index (χ1n) is 7.73. The highest BCUT2D eigenvalue weighted by Crippen LogP contribution is 2.15. The van der Waals surface area contributed by atoms with E-state index in [0.717, 1.165) is 0 Å². The van der Waals surface area contributed by atoms with E-state index in [-0.39, 0.29) is 17.9 Å². The molecular formula is C18H16ClN3O3. The highest BCUT2D eigenvalue weighted by molar-refractivity contribution is 6.30. The van der Waals surface area contributed by atoms with Crippen LogP contribution < -0.4 is 15.5 Å². The van der Waals surface area contributed by atoms with E-state index >= 15 is 0 Å². The van der Waals surface area contributed by atoms with Crippen molar-refractivity contribution in [3.05, 3.63) is 70.0 Å². The van der Waals surface area contributed by atoms with E-state index in [1.54, 1.807) is 48.5 Å². The topological polar surface area (TPSA) is 73.2 Å². The predicted octanol–water partition coefficient (Wildman–Crippen LogP) is 2.25. The fraction of sp³-hybridized carbons (Fsp3) is 0.167. The van der Waals surface area contributed by atoms with E-state index in [0.29, 0.717) is 34.8 Å². The average Bonchev–Trinajstić information content (AvgIpc) is 2.63. The van der Waals surface area contributed by atoms with Crippen molar-refractivity contribution in [2.75, 3.05) is 13.2 Å². The summed E-state index contributed by atoms with van der Waals surface area (Å²) in [6.45, 7) is 0.729. The molecule has 6 nitrogen and oxygen atoms in total. The molecule has 0 aliphatic rings. The molecule has 0 unspecified atom stereocenters. The second-order valence-corrected chi connectivity index (χ2v) is 5.77. The maximum atomic E-state index is 12.1. The van der Waals surface area contributed by atoms with E-state index in [1.807, 2.05) is 0 Å². The van der Waals surface area contributed by atoms with Crippen LogP contribution in [0.1, 0.15) is 0 Å². The minimum Gasteiger partial charge on any atom is -0.492 e. The van der Waals surface area contributed by atoms with Gasteiger partial charge in [-0.05, 0) is 36.4 Å². The average molecular weight is 358 g/mol. The number of rotatable bonds is 6.